The first-order valence-corrected chi connectivity index (χ1v) is 9.41. The van der Waals surface area contributed by atoms with Crippen molar-refractivity contribution in [3.63, 3.8) is 0 Å². The number of amides is 3. The molecule has 10 nitrogen and oxygen atoms in total. The summed E-state index contributed by atoms with van der Waals surface area (Å²) in [5.41, 5.74) is 0.743. The van der Waals surface area contributed by atoms with Gasteiger partial charge >= 0.3 is 6.03 Å². The van der Waals surface area contributed by atoms with Crippen molar-refractivity contribution in [2.45, 2.75) is 33.3 Å². The summed E-state index contributed by atoms with van der Waals surface area (Å²) >= 11 is 0. The molecule has 3 aromatic rings. The summed E-state index contributed by atoms with van der Waals surface area (Å²) in [6.07, 6.45) is 1.60. The maximum atomic E-state index is 12.1. The highest BCUT2D eigenvalue weighted by Gasteiger charge is 2.28. The number of nitrogens with zero attached hydrogens (tertiary/aromatic N) is 3. The molecule has 0 spiro atoms. The second-order valence-electron chi connectivity index (χ2n) is 7.21. The number of ether oxygens (including phenoxy) is 2. The number of hydrogen-bond acceptors (Lipinski definition) is 8. The van der Waals surface area contributed by atoms with Crippen molar-refractivity contribution in [3.05, 3.63) is 47.9 Å². The van der Waals surface area contributed by atoms with Crippen molar-refractivity contribution in [3.8, 4) is 23.0 Å². The fraction of sp³-hybridized carbons (Fsp3) is 0.286. The van der Waals surface area contributed by atoms with Gasteiger partial charge in [-0.3, -0.25) is 20.4 Å². The van der Waals surface area contributed by atoms with Gasteiger partial charge in [0, 0.05) is 25.4 Å². The summed E-state index contributed by atoms with van der Waals surface area (Å²) in [5, 5.41) is 8.58. The first kappa shape index (κ1) is 21.9. The first-order chi connectivity index (χ1) is 14.7. The molecule has 0 bridgehead atoms. The van der Waals surface area contributed by atoms with E-state index >= 15 is 0 Å². The standard InChI is InChI=1S/C21H23N5O5/c1-12-10-17(31-26-12)15-11-14(8-9-22-15)30-16-6-7-18(23-13(16)2)24-20(28)25-19(27)21(3,4)29-5/h6-11H,1-5H3,(H2,23,24,25,27,28). The van der Waals surface area contributed by atoms with E-state index in [2.05, 4.69) is 25.8 Å². The lowest BCUT2D eigenvalue weighted by molar-refractivity contribution is -0.138. The smallest absolute Gasteiger partial charge is 0.327 e. The number of imide groups is 1. The summed E-state index contributed by atoms with van der Waals surface area (Å²) in [5.74, 6) is 1.26. The van der Waals surface area contributed by atoms with Gasteiger partial charge in [0.1, 0.15) is 28.6 Å². The number of urea groups is 1. The zero-order valence-corrected chi connectivity index (χ0v) is 17.8. The van der Waals surface area contributed by atoms with Gasteiger partial charge in [-0.2, -0.15) is 0 Å². The van der Waals surface area contributed by atoms with E-state index in [-0.39, 0.29) is 5.82 Å². The van der Waals surface area contributed by atoms with Crippen molar-refractivity contribution >= 4 is 17.8 Å². The van der Waals surface area contributed by atoms with Crippen molar-refractivity contribution < 1.29 is 23.6 Å². The molecule has 0 saturated carbocycles. The fourth-order valence-corrected chi connectivity index (χ4v) is 2.44. The number of aromatic nitrogens is 3. The van der Waals surface area contributed by atoms with Gasteiger partial charge in [-0.25, -0.2) is 9.78 Å². The van der Waals surface area contributed by atoms with Crippen LogP contribution in [0.5, 0.6) is 11.5 Å². The van der Waals surface area contributed by atoms with Crippen LogP contribution in [0.4, 0.5) is 10.6 Å². The molecule has 3 rings (SSSR count). The molecule has 0 aliphatic heterocycles. The summed E-state index contributed by atoms with van der Waals surface area (Å²) in [7, 11) is 1.39. The van der Waals surface area contributed by atoms with Crippen LogP contribution in [-0.2, 0) is 9.53 Å². The predicted octanol–water partition coefficient (Wildman–Crippen LogP) is 3.61. The number of aryl methyl sites for hydroxylation is 2. The van der Waals surface area contributed by atoms with Crippen molar-refractivity contribution in [1.82, 2.24) is 20.4 Å². The van der Waals surface area contributed by atoms with E-state index in [4.69, 9.17) is 14.0 Å². The molecule has 0 unspecified atom stereocenters. The Hall–Kier alpha value is -3.79. The fourth-order valence-electron chi connectivity index (χ4n) is 2.44. The summed E-state index contributed by atoms with van der Waals surface area (Å²) in [6.45, 7) is 6.67. The predicted molar refractivity (Wildman–Crippen MR) is 112 cm³/mol. The van der Waals surface area contributed by atoms with Gasteiger partial charge in [-0.1, -0.05) is 5.16 Å². The minimum atomic E-state index is -1.13. The van der Waals surface area contributed by atoms with Crippen LogP contribution in [0.25, 0.3) is 11.5 Å². The molecule has 3 heterocycles. The van der Waals surface area contributed by atoms with Gasteiger partial charge in [0.15, 0.2) is 5.76 Å². The number of rotatable bonds is 6. The molecular formula is C21H23N5O5. The van der Waals surface area contributed by atoms with Crippen LogP contribution in [0, 0.1) is 13.8 Å². The summed E-state index contributed by atoms with van der Waals surface area (Å²) in [6, 6.07) is 7.73. The lowest BCUT2D eigenvalue weighted by Crippen LogP contribution is -2.47. The minimum absolute atomic E-state index is 0.262. The topological polar surface area (TPSA) is 128 Å². The molecule has 3 amide bonds. The van der Waals surface area contributed by atoms with E-state index < -0.39 is 17.5 Å². The molecule has 31 heavy (non-hydrogen) atoms. The molecule has 3 aromatic heterocycles. The van der Waals surface area contributed by atoms with Crippen molar-refractivity contribution in [1.29, 1.82) is 0 Å². The van der Waals surface area contributed by atoms with Gasteiger partial charge in [-0.15, -0.1) is 0 Å². The van der Waals surface area contributed by atoms with Crippen LogP contribution in [0.15, 0.2) is 41.1 Å². The monoisotopic (exact) mass is 425 g/mol. The number of hydrogen-bond donors (Lipinski definition) is 2. The lowest BCUT2D eigenvalue weighted by atomic mass is 10.1. The summed E-state index contributed by atoms with van der Waals surface area (Å²) in [4.78, 5) is 32.6. The highest BCUT2D eigenvalue weighted by molar-refractivity contribution is 6.03. The van der Waals surface area contributed by atoms with Crippen LogP contribution >= 0.6 is 0 Å². The van der Waals surface area contributed by atoms with Crippen molar-refractivity contribution in [2.24, 2.45) is 0 Å². The Kier molecular flexibility index (Phi) is 6.30. The van der Waals surface area contributed by atoms with Gasteiger partial charge < -0.3 is 14.0 Å². The third-order valence-electron chi connectivity index (χ3n) is 4.40. The number of anilines is 1. The van der Waals surface area contributed by atoms with Crippen LogP contribution < -0.4 is 15.4 Å². The molecule has 0 fully saturated rings. The largest absolute Gasteiger partial charge is 0.455 e. The van der Waals surface area contributed by atoms with Gasteiger partial charge in [-0.05, 0) is 45.9 Å². The average Bonchev–Trinajstić information content (AvgIpc) is 3.16. The number of carbonyl (C=O) groups is 2. The Bertz CT molecular complexity index is 1110. The Labute approximate surface area is 179 Å². The quantitative estimate of drug-likeness (QED) is 0.613. The Morgan fingerprint density at radius 2 is 1.90 bits per heavy atom. The van der Waals surface area contributed by atoms with Crippen LogP contribution in [0.2, 0.25) is 0 Å². The summed E-state index contributed by atoms with van der Waals surface area (Å²) < 4.78 is 16.2. The van der Waals surface area contributed by atoms with Crippen LogP contribution in [0.3, 0.4) is 0 Å². The molecular weight excluding hydrogens is 402 g/mol. The zero-order valence-electron chi connectivity index (χ0n) is 17.8. The highest BCUT2D eigenvalue weighted by Crippen LogP contribution is 2.28. The molecule has 2 N–H and O–H groups in total. The second-order valence-corrected chi connectivity index (χ2v) is 7.21. The third kappa shape index (κ3) is 5.43. The molecule has 10 heteroatoms. The number of nitrogens with one attached hydrogen (secondary N) is 2. The molecule has 0 radical (unpaired) electrons. The van der Waals surface area contributed by atoms with Gasteiger partial charge in [0.05, 0.1) is 11.4 Å². The molecule has 0 atom stereocenters. The maximum absolute atomic E-state index is 12.1. The Balaban J connectivity index is 1.67. The average molecular weight is 425 g/mol. The van der Waals surface area contributed by atoms with E-state index in [9.17, 15) is 9.59 Å². The lowest BCUT2D eigenvalue weighted by Gasteiger charge is -2.21. The Morgan fingerprint density at radius 3 is 2.55 bits per heavy atom. The second kappa shape index (κ2) is 8.92. The van der Waals surface area contributed by atoms with E-state index in [1.54, 1.807) is 57.3 Å². The molecule has 0 saturated heterocycles. The molecule has 0 aromatic carbocycles. The van der Waals surface area contributed by atoms with E-state index in [0.29, 0.717) is 28.6 Å². The van der Waals surface area contributed by atoms with E-state index in [1.807, 2.05) is 6.92 Å². The maximum Gasteiger partial charge on any atom is 0.327 e. The highest BCUT2D eigenvalue weighted by atomic mass is 16.5. The zero-order chi connectivity index (χ0) is 22.6. The van der Waals surface area contributed by atoms with Crippen molar-refractivity contribution in [2.75, 3.05) is 12.4 Å². The number of carbonyl (C=O) groups excluding carboxylic acids is 2. The molecule has 0 aliphatic rings. The molecule has 162 valence electrons. The normalized spacial score (nSPS) is 11.1. The minimum Gasteiger partial charge on any atom is -0.455 e. The van der Waals surface area contributed by atoms with Crippen LogP contribution in [0.1, 0.15) is 25.2 Å². The van der Waals surface area contributed by atoms with Crippen LogP contribution in [-0.4, -0.2) is 39.8 Å². The number of pyridine rings is 2. The van der Waals surface area contributed by atoms with E-state index in [0.717, 1.165) is 5.69 Å². The van der Waals surface area contributed by atoms with Gasteiger partial charge in [0.25, 0.3) is 5.91 Å². The third-order valence-corrected chi connectivity index (χ3v) is 4.40. The Morgan fingerprint density at radius 1 is 1.13 bits per heavy atom. The number of methoxy groups -OCH3 is 1. The molecule has 0 aliphatic carbocycles. The first-order valence-electron chi connectivity index (χ1n) is 9.41. The van der Waals surface area contributed by atoms with E-state index in [1.165, 1.54) is 7.11 Å². The van der Waals surface area contributed by atoms with Gasteiger partial charge in [0.2, 0.25) is 0 Å². The SMILES string of the molecule is COC(C)(C)C(=O)NC(=O)Nc1ccc(Oc2ccnc(-c3cc(C)no3)c2)c(C)n1.